The lowest BCUT2D eigenvalue weighted by Crippen LogP contribution is -2.23. The molecule has 0 atom stereocenters. The van der Waals surface area contributed by atoms with Crippen LogP contribution in [0.15, 0.2) is 30.6 Å². The lowest BCUT2D eigenvalue weighted by Gasteiger charge is -2.11. The van der Waals surface area contributed by atoms with Crippen LogP contribution in [0, 0.1) is 5.92 Å². The fourth-order valence-electron chi connectivity index (χ4n) is 2.67. The molecule has 0 saturated heterocycles. The number of rotatable bonds is 9. The average molecular weight is 404 g/mol. The number of nitrogens with one attached hydrogen (secondary N) is 2. The fraction of sp³-hybridized carbons (Fsp3) is 0.400. The van der Waals surface area contributed by atoms with E-state index in [1.165, 1.54) is 18.5 Å². The molecule has 2 N–H and O–H groups in total. The monoisotopic (exact) mass is 404 g/mol. The van der Waals surface area contributed by atoms with E-state index in [1.54, 1.807) is 12.1 Å². The first-order valence-corrected chi connectivity index (χ1v) is 9.40. The molecule has 29 heavy (non-hydrogen) atoms. The highest BCUT2D eigenvalue weighted by Crippen LogP contribution is 2.30. The zero-order chi connectivity index (χ0) is 20.8. The second-order valence-electron chi connectivity index (χ2n) is 6.74. The van der Waals surface area contributed by atoms with E-state index >= 15 is 0 Å². The van der Waals surface area contributed by atoms with Crippen LogP contribution in [0.1, 0.15) is 41.3 Å². The first-order valence-electron chi connectivity index (χ1n) is 9.40. The molecule has 2 aromatic heterocycles. The SMILES string of the molecule is CCc1cc(CNC(=O)c2ccnc(NC(=O)C3CC3)c2)cnc1OCC(F)F. The first kappa shape index (κ1) is 20.6. The summed E-state index contributed by atoms with van der Waals surface area (Å²) in [4.78, 5) is 32.4. The molecule has 7 nitrogen and oxygen atoms in total. The van der Waals surface area contributed by atoms with Gasteiger partial charge in [0.25, 0.3) is 12.3 Å². The summed E-state index contributed by atoms with van der Waals surface area (Å²) in [6.45, 7) is 1.36. The van der Waals surface area contributed by atoms with Gasteiger partial charge in [0.15, 0.2) is 6.61 Å². The number of hydrogen-bond acceptors (Lipinski definition) is 5. The van der Waals surface area contributed by atoms with Gasteiger partial charge in [0.05, 0.1) is 0 Å². The molecule has 1 aliphatic rings. The van der Waals surface area contributed by atoms with Crippen LogP contribution in [0.25, 0.3) is 0 Å². The molecular formula is C20H22F2N4O3. The Morgan fingerprint density at radius 1 is 1.28 bits per heavy atom. The highest BCUT2D eigenvalue weighted by molar-refractivity contribution is 5.97. The van der Waals surface area contributed by atoms with Gasteiger partial charge in [-0.15, -0.1) is 0 Å². The number of nitrogens with zero attached hydrogens (tertiary/aromatic N) is 2. The van der Waals surface area contributed by atoms with E-state index in [9.17, 15) is 18.4 Å². The zero-order valence-electron chi connectivity index (χ0n) is 16.0. The van der Waals surface area contributed by atoms with E-state index in [2.05, 4.69) is 20.6 Å². The standard InChI is InChI=1S/C20H22F2N4O3/c1-2-13-7-12(10-25-20(13)29-11-16(21)22)9-24-18(27)15-5-6-23-17(8-15)26-19(28)14-3-4-14/h5-8,10,14,16H,2-4,9,11H2,1H3,(H,24,27)(H,23,26,28). The Morgan fingerprint density at radius 2 is 2.07 bits per heavy atom. The van der Waals surface area contributed by atoms with E-state index in [-0.39, 0.29) is 30.2 Å². The summed E-state index contributed by atoms with van der Waals surface area (Å²) in [5.41, 5.74) is 1.77. The van der Waals surface area contributed by atoms with Gasteiger partial charge in [-0.05, 0) is 43.0 Å². The van der Waals surface area contributed by atoms with Gasteiger partial charge in [-0.3, -0.25) is 9.59 Å². The second-order valence-corrected chi connectivity index (χ2v) is 6.74. The number of carbonyl (C=O) groups is 2. The molecule has 0 spiro atoms. The summed E-state index contributed by atoms with van der Waals surface area (Å²) < 4.78 is 29.7. The van der Waals surface area contributed by atoms with E-state index in [0.717, 1.165) is 18.4 Å². The predicted octanol–water partition coefficient (Wildman–Crippen LogP) is 2.96. The van der Waals surface area contributed by atoms with Crippen molar-refractivity contribution in [2.45, 2.75) is 39.2 Å². The Balaban J connectivity index is 1.59. The summed E-state index contributed by atoms with van der Waals surface area (Å²) in [5.74, 6) is 0.146. The summed E-state index contributed by atoms with van der Waals surface area (Å²) in [6.07, 6.45) is 2.69. The minimum absolute atomic E-state index is 0.0437. The van der Waals surface area contributed by atoms with Crippen LogP contribution >= 0.6 is 0 Å². The highest BCUT2D eigenvalue weighted by Gasteiger charge is 2.29. The van der Waals surface area contributed by atoms with Crippen molar-refractivity contribution in [2.75, 3.05) is 11.9 Å². The topological polar surface area (TPSA) is 93.2 Å². The van der Waals surface area contributed by atoms with Crippen LogP contribution in [0.5, 0.6) is 5.88 Å². The summed E-state index contributed by atoms with van der Waals surface area (Å²) in [6, 6.07) is 4.84. The summed E-state index contributed by atoms with van der Waals surface area (Å²) in [5, 5.41) is 5.48. The van der Waals surface area contributed by atoms with E-state index in [1.807, 2.05) is 6.92 Å². The van der Waals surface area contributed by atoms with E-state index in [4.69, 9.17) is 4.74 Å². The third-order valence-corrected chi connectivity index (χ3v) is 4.38. The van der Waals surface area contributed by atoms with Crippen molar-refractivity contribution in [3.63, 3.8) is 0 Å². The van der Waals surface area contributed by atoms with Crippen molar-refractivity contribution in [1.82, 2.24) is 15.3 Å². The molecule has 1 aliphatic carbocycles. The van der Waals surface area contributed by atoms with Crippen LogP contribution < -0.4 is 15.4 Å². The molecule has 9 heteroatoms. The number of hydrogen-bond donors (Lipinski definition) is 2. The van der Waals surface area contributed by atoms with Crippen LogP contribution in [-0.4, -0.2) is 34.8 Å². The normalized spacial score (nSPS) is 13.2. The van der Waals surface area contributed by atoms with Gasteiger partial charge in [-0.1, -0.05) is 6.92 Å². The number of ether oxygens (including phenoxy) is 1. The lowest BCUT2D eigenvalue weighted by molar-refractivity contribution is -0.117. The predicted molar refractivity (Wildman–Crippen MR) is 102 cm³/mol. The third kappa shape index (κ3) is 5.94. The number of pyridine rings is 2. The number of alkyl halides is 2. The minimum Gasteiger partial charge on any atom is -0.471 e. The largest absolute Gasteiger partial charge is 0.471 e. The molecule has 154 valence electrons. The quantitative estimate of drug-likeness (QED) is 0.670. The van der Waals surface area contributed by atoms with Gasteiger partial charge in [0.2, 0.25) is 11.8 Å². The van der Waals surface area contributed by atoms with Crippen molar-refractivity contribution in [3.8, 4) is 5.88 Å². The summed E-state index contributed by atoms with van der Waals surface area (Å²) in [7, 11) is 0. The maximum absolute atomic E-state index is 12.4. The van der Waals surface area contributed by atoms with Crippen molar-refractivity contribution in [1.29, 1.82) is 0 Å². The molecule has 3 rings (SSSR count). The van der Waals surface area contributed by atoms with Crippen molar-refractivity contribution in [3.05, 3.63) is 47.3 Å². The number of aryl methyl sites for hydroxylation is 1. The molecule has 1 saturated carbocycles. The molecule has 1 fully saturated rings. The zero-order valence-corrected chi connectivity index (χ0v) is 16.0. The van der Waals surface area contributed by atoms with Crippen LogP contribution in [0.2, 0.25) is 0 Å². The number of aromatic nitrogens is 2. The number of halogens is 2. The molecule has 2 heterocycles. The Labute approximate surface area is 166 Å². The maximum atomic E-state index is 12.4. The van der Waals surface area contributed by atoms with E-state index < -0.39 is 13.0 Å². The number of anilines is 1. The Hall–Kier alpha value is -3.10. The van der Waals surface area contributed by atoms with Gasteiger partial charge in [-0.25, -0.2) is 18.7 Å². The van der Waals surface area contributed by atoms with Crippen LogP contribution in [0.3, 0.4) is 0 Å². The first-order chi connectivity index (χ1) is 14.0. The van der Waals surface area contributed by atoms with Gasteiger partial charge in [0.1, 0.15) is 5.82 Å². The van der Waals surface area contributed by atoms with Crippen molar-refractivity contribution in [2.24, 2.45) is 5.92 Å². The molecule has 2 amide bonds. The average Bonchev–Trinajstić information content (AvgIpc) is 3.56. The summed E-state index contributed by atoms with van der Waals surface area (Å²) >= 11 is 0. The highest BCUT2D eigenvalue weighted by atomic mass is 19.3. The van der Waals surface area contributed by atoms with Gasteiger partial charge in [-0.2, -0.15) is 0 Å². The van der Waals surface area contributed by atoms with Crippen LogP contribution in [0.4, 0.5) is 14.6 Å². The van der Waals surface area contributed by atoms with Gasteiger partial charge in [0, 0.05) is 36.0 Å². The Bertz CT molecular complexity index is 888. The smallest absolute Gasteiger partial charge is 0.272 e. The number of amides is 2. The fourth-order valence-corrected chi connectivity index (χ4v) is 2.67. The maximum Gasteiger partial charge on any atom is 0.272 e. The molecular weight excluding hydrogens is 382 g/mol. The van der Waals surface area contributed by atoms with Crippen molar-refractivity contribution >= 4 is 17.6 Å². The van der Waals surface area contributed by atoms with Crippen LogP contribution in [-0.2, 0) is 17.8 Å². The molecule has 0 aliphatic heterocycles. The third-order valence-electron chi connectivity index (χ3n) is 4.38. The van der Waals surface area contributed by atoms with Gasteiger partial charge < -0.3 is 15.4 Å². The second kappa shape index (κ2) is 9.40. The Kier molecular flexibility index (Phi) is 6.69. The molecule has 0 unspecified atom stereocenters. The Morgan fingerprint density at radius 3 is 2.76 bits per heavy atom. The molecule has 0 radical (unpaired) electrons. The lowest BCUT2D eigenvalue weighted by atomic mass is 10.1. The van der Waals surface area contributed by atoms with E-state index in [0.29, 0.717) is 23.4 Å². The number of carbonyl (C=O) groups excluding carboxylic acids is 2. The van der Waals surface area contributed by atoms with Gasteiger partial charge >= 0.3 is 0 Å². The van der Waals surface area contributed by atoms with Crippen molar-refractivity contribution < 1.29 is 23.1 Å². The minimum atomic E-state index is -2.57. The molecule has 0 bridgehead atoms. The molecule has 2 aromatic rings. The molecule has 0 aromatic carbocycles.